The first-order chi connectivity index (χ1) is 14.6. The van der Waals surface area contributed by atoms with E-state index in [-0.39, 0.29) is 17.9 Å². The molecular weight excluding hydrogens is 376 g/mol. The van der Waals surface area contributed by atoms with Crippen molar-refractivity contribution < 1.29 is 9.59 Å². The molecule has 0 bridgehead atoms. The number of piperidine rings is 1. The van der Waals surface area contributed by atoms with Gasteiger partial charge in [-0.05, 0) is 55.8 Å². The smallest absolute Gasteiger partial charge is 0.321 e. The highest BCUT2D eigenvalue weighted by molar-refractivity contribution is 5.93. The summed E-state index contributed by atoms with van der Waals surface area (Å²) in [7, 11) is 0. The average molecular weight is 409 g/mol. The first-order valence-corrected chi connectivity index (χ1v) is 10.8. The lowest BCUT2D eigenvalue weighted by Crippen LogP contribution is -2.43. The van der Waals surface area contributed by atoms with Crippen molar-refractivity contribution in [3.63, 3.8) is 0 Å². The van der Waals surface area contributed by atoms with Gasteiger partial charge in [0.25, 0.3) is 0 Å². The number of rotatable bonds is 7. The molecule has 0 unspecified atom stereocenters. The van der Waals surface area contributed by atoms with Gasteiger partial charge in [-0.2, -0.15) is 0 Å². The Morgan fingerprint density at radius 3 is 2.27 bits per heavy atom. The van der Waals surface area contributed by atoms with E-state index in [0.717, 1.165) is 31.0 Å². The van der Waals surface area contributed by atoms with E-state index < -0.39 is 0 Å². The van der Waals surface area contributed by atoms with Crippen molar-refractivity contribution in [3.05, 3.63) is 60.2 Å². The van der Waals surface area contributed by atoms with Crippen LogP contribution in [0.2, 0.25) is 0 Å². The molecule has 0 aromatic heterocycles. The molecule has 0 radical (unpaired) electrons. The fraction of sp³-hybridized carbons (Fsp3) is 0.417. The molecule has 1 saturated heterocycles. The molecule has 6 heteroatoms. The Balaban J connectivity index is 1.49. The van der Waals surface area contributed by atoms with Gasteiger partial charge in [0.2, 0.25) is 5.91 Å². The number of hydrogen-bond donors (Lipinski definition) is 2. The highest BCUT2D eigenvalue weighted by atomic mass is 16.2. The molecular formula is C24H32N4O2. The molecule has 160 valence electrons. The number of nitrogens with one attached hydrogen (secondary N) is 2. The SMILES string of the molecule is CCN(CC)Cc1cccc(NC(=O)C2CCN(C(=O)Nc3ccccc3)CC2)c1. The molecule has 0 spiro atoms. The molecule has 2 aromatic rings. The summed E-state index contributed by atoms with van der Waals surface area (Å²) in [5.74, 6) is -0.0321. The zero-order valence-electron chi connectivity index (χ0n) is 17.9. The minimum Gasteiger partial charge on any atom is -0.326 e. The van der Waals surface area contributed by atoms with Gasteiger partial charge in [0, 0.05) is 36.9 Å². The van der Waals surface area contributed by atoms with Crippen molar-refractivity contribution in [1.29, 1.82) is 0 Å². The summed E-state index contributed by atoms with van der Waals surface area (Å²) in [6, 6.07) is 17.4. The van der Waals surface area contributed by atoms with Crippen LogP contribution in [0.1, 0.15) is 32.3 Å². The summed E-state index contributed by atoms with van der Waals surface area (Å²) >= 11 is 0. The number of benzene rings is 2. The number of likely N-dealkylation sites (tertiary alicyclic amines) is 1. The molecule has 3 rings (SSSR count). The lowest BCUT2D eigenvalue weighted by Gasteiger charge is -2.31. The highest BCUT2D eigenvalue weighted by Gasteiger charge is 2.27. The van der Waals surface area contributed by atoms with E-state index in [1.165, 1.54) is 5.56 Å². The maximum Gasteiger partial charge on any atom is 0.321 e. The zero-order chi connectivity index (χ0) is 21.3. The monoisotopic (exact) mass is 408 g/mol. The van der Waals surface area contributed by atoms with Crippen molar-refractivity contribution in [2.75, 3.05) is 36.8 Å². The molecule has 0 atom stereocenters. The van der Waals surface area contributed by atoms with Gasteiger partial charge in [-0.15, -0.1) is 0 Å². The average Bonchev–Trinajstić information content (AvgIpc) is 2.78. The van der Waals surface area contributed by atoms with Crippen LogP contribution < -0.4 is 10.6 Å². The third-order valence-electron chi connectivity index (χ3n) is 5.67. The number of urea groups is 1. The van der Waals surface area contributed by atoms with Crippen molar-refractivity contribution in [1.82, 2.24) is 9.80 Å². The van der Waals surface area contributed by atoms with Gasteiger partial charge in [0.1, 0.15) is 0 Å². The topological polar surface area (TPSA) is 64.7 Å². The minimum absolute atomic E-state index is 0.0399. The fourth-order valence-corrected chi connectivity index (χ4v) is 3.77. The number of carbonyl (C=O) groups is 2. The first-order valence-electron chi connectivity index (χ1n) is 10.8. The third kappa shape index (κ3) is 6.07. The Kier molecular flexibility index (Phi) is 7.85. The maximum absolute atomic E-state index is 12.7. The quantitative estimate of drug-likeness (QED) is 0.713. The van der Waals surface area contributed by atoms with Crippen LogP contribution in [0.25, 0.3) is 0 Å². The lowest BCUT2D eigenvalue weighted by molar-refractivity contribution is -0.121. The van der Waals surface area contributed by atoms with Crippen molar-refractivity contribution in [2.24, 2.45) is 5.92 Å². The van der Waals surface area contributed by atoms with Gasteiger partial charge in [-0.25, -0.2) is 4.79 Å². The second kappa shape index (κ2) is 10.8. The molecule has 30 heavy (non-hydrogen) atoms. The van der Waals surface area contributed by atoms with E-state index in [4.69, 9.17) is 0 Å². The summed E-state index contributed by atoms with van der Waals surface area (Å²) in [6.45, 7) is 8.36. The van der Waals surface area contributed by atoms with Gasteiger partial charge in [-0.3, -0.25) is 9.69 Å². The van der Waals surface area contributed by atoms with Gasteiger partial charge >= 0.3 is 6.03 Å². The van der Waals surface area contributed by atoms with Crippen LogP contribution in [0, 0.1) is 5.92 Å². The minimum atomic E-state index is -0.107. The second-order valence-electron chi connectivity index (χ2n) is 7.71. The van der Waals surface area contributed by atoms with Gasteiger partial charge < -0.3 is 15.5 Å². The van der Waals surface area contributed by atoms with E-state index >= 15 is 0 Å². The van der Waals surface area contributed by atoms with Crippen LogP contribution in [0.5, 0.6) is 0 Å². The van der Waals surface area contributed by atoms with Crippen molar-refractivity contribution in [3.8, 4) is 0 Å². The van der Waals surface area contributed by atoms with Crippen LogP contribution >= 0.6 is 0 Å². The van der Waals surface area contributed by atoms with Crippen LogP contribution in [0.3, 0.4) is 0 Å². The van der Waals surface area contributed by atoms with Crippen LogP contribution in [-0.2, 0) is 11.3 Å². The number of anilines is 2. The Morgan fingerprint density at radius 1 is 0.933 bits per heavy atom. The highest BCUT2D eigenvalue weighted by Crippen LogP contribution is 2.21. The maximum atomic E-state index is 12.7. The van der Waals surface area contributed by atoms with Gasteiger partial charge in [-0.1, -0.05) is 44.2 Å². The zero-order valence-corrected chi connectivity index (χ0v) is 17.9. The van der Waals surface area contributed by atoms with E-state index in [1.807, 2.05) is 42.5 Å². The third-order valence-corrected chi connectivity index (χ3v) is 5.67. The summed E-state index contributed by atoms with van der Waals surface area (Å²) in [5.41, 5.74) is 2.82. The Hall–Kier alpha value is -2.86. The van der Waals surface area contributed by atoms with Gasteiger partial charge in [0.15, 0.2) is 0 Å². The van der Waals surface area contributed by atoms with Crippen LogP contribution in [0.15, 0.2) is 54.6 Å². The molecule has 1 heterocycles. The fourth-order valence-electron chi connectivity index (χ4n) is 3.77. The largest absolute Gasteiger partial charge is 0.326 e. The molecule has 1 aliphatic rings. The summed E-state index contributed by atoms with van der Waals surface area (Å²) in [5, 5.41) is 5.98. The molecule has 1 fully saturated rings. The number of amides is 3. The predicted molar refractivity (Wildman–Crippen MR) is 121 cm³/mol. The molecule has 2 aromatic carbocycles. The summed E-state index contributed by atoms with van der Waals surface area (Å²) in [4.78, 5) is 29.3. The summed E-state index contributed by atoms with van der Waals surface area (Å²) < 4.78 is 0. The predicted octanol–water partition coefficient (Wildman–Crippen LogP) is 4.41. The van der Waals surface area contributed by atoms with Crippen molar-refractivity contribution >= 4 is 23.3 Å². The first kappa shape index (κ1) is 21.8. The Labute approximate surface area is 179 Å². The van der Waals surface area contributed by atoms with Crippen LogP contribution in [-0.4, -0.2) is 47.9 Å². The van der Waals surface area contributed by atoms with E-state index in [1.54, 1.807) is 4.90 Å². The number of para-hydroxylation sites is 1. The lowest BCUT2D eigenvalue weighted by atomic mass is 9.96. The molecule has 3 amide bonds. The number of carbonyl (C=O) groups excluding carboxylic acids is 2. The Morgan fingerprint density at radius 2 is 1.60 bits per heavy atom. The second-order valence-corrected chi connectivity index (χ2v) is 7.71. The standard InChI is InChI=1S/C24H32N4O2/c1-3-27(4-2)18-19-9-8-12-22(17-19)25-23(29)20-13-15-28(16-14-20)24(30)26-21-10-6-5-7-11-21/h5-12,17,20H,3-4,13-16,18H2,1-2H3,(H,25,29)(H,26,30). The van der Waals surface area contributed by atoms with E-state index in [9.17, 15) is 9.59 Å². The number of hydrogen-bond acceptors (Lipinski definition) is 3. The van der Waals surface area contributed by atoms with E-state index in [2.05, 4.69) is 41.5 Å². The molecule has 0 saturated carbocycles. The normalized spacial score (nSPS) is 14.6. The Bertz CT molecular complexity index is 828. The van der Waals surface area contributed by atoms with Crippen molar-refractivity contribution in [2.45, 2.75) is 33.2 Å². The van der Waals surface area contributed by atoms with E-state index in [0.29, 0.717) is 25.9 Å². The molecule has 2 N–H and O–H groups in total. The molecule has 1 aliphatic heterocycles. The van der Waals surface area contributed by atoms with Gasteiger partial charge in [0.05, 0.1) is 0 Å². The number of nitrogens with zero attached hydrogens (tertiary/aromatic N) is 2. The summed E-state index contributed by atoms with van der Waals surface area (Å²) in [6.07, 6.45) is 1.35. The molecule has 6 nitrogen and oxygen atoms in total. The van der Waals surface area contributed by atoms with Crippen LogP contribution in [0.4, 0.5) is 16.2 Å². The molecule has 0 aliphatic carbocycles.